The van der Waals surface area contributed by atoms with Gasteiger partial charge in [0.25, 0.3) is 0 Å². The highest BCUT2D eigenvalue weighted by atomic mass is 32.2. The van der Waals surface area contributed by atoms with Crippen LogP contribution in [0.5, 0.6) is 0 Å². The number of nitrogens with zero attached hydrogens (tertiary/aromatic N) is 1. The number of nitrogen functional groups attached to an aromatic ring is 1. The third-order valence-corrected chi connectivity index (χ3v) is 3.62. The lowest BCUT2D eigenvalue weighted by Crippen LogP contribution is -1.92. The van der Waals surface area contributed by atoms with Crippen LogP contribution in [0.15, 0.2) is 30.5 Å². The molecule has 2 N–H and O–H groups in total. The molecule has 1 aromatic carbocycles. The first-order valence-corrected chi connectivity index (χ1v) is 6.18. The van der Waals surface area contributed by atoms with E-state index in [2.05, 4.69) is 36.4 Å². The van der Waals surface area contributed by atoms with Gasteiger partial charge in [-0.25, -0.2) is 4.98 Å². The van der Waals surface area contributed by atoms with Crippen LogP contribution in [0.3, 0.4) is 0 Å². The third-order valence-electron chi connectivity index (χ3n) is 2.64. The number of thioether (sulfide) groups is 1. The molecule has 0 spiro atoms. The Morgan fingerprint density at radius 3 is 2.87 bits per heavy atom. The van der Waals surface area contributed by atoms with E-state index in [0.29, 0.717) is 11.1 Å². The molecule has 1 heterocycles. The molecule has 0 saturated carbocycles. The predicted molar refractivity (Wildman–Crippen MR) is 68.1 cm³/mol. The highest BCUT2D eigenvalue weighted by Crippen LogP contribution is 2.29. The highest BCUT2D eigenvalue weighted by molar-refractivity contribution is 7.98. The maximum absolute atomic E-state index is 5.80. The number of hydrogen-bond donors (Lipinski definition) is 1. The molecule has 0 bridgehead atoms. The molecule has 2 aromatic rings. The van der Waals surface area contributed by atoms with Crippen molar-refractivity contribution in [2.45, 2.75) is 12.2 Å². The average molecular weight is 218 g/mol. The quantitative estimate of drug-likeness (QED) is 0.841. The van der Waals surface area contributed by atoms with Gasteiger partial charge in [0.15, 0.2) is 0 Å². The molecular formula is C12H14N2S. The van der Waals surface area contributed by atoms with Crippen molar-refractivity contribution < 1.29 is 0 Å². The van der Waals surface area contributed by atoms with E-state index in [4.69, 9.17) is 5.73 Å². The number of fused-ring (bicyclic) bond motifs is 1. The molecule has 1 aromatic heterocycles. The highest BCUT2D eigenvalue weighted by Gasteiger charge is 2.05. The van der Waals surface area contributed by atoms with Crippen molar-refractivity contribution in [3.8, 4) is 0 Å². The van der Waals surface area contributed by atoms with Crippen molar-refractivity contribution in [2.75, 3.05) is 12.0 Å². The Morgan fingerprint density at radius 2 is 2.13 bits per heavy atom. The Labute approximate surface area is 93.9 Å². The smallest absolute Gasteiger partial charge is 0.131 e. The first-order valence-electron chi connectivity index (χ1n) is 4.89. The summed E-state index contributed by atoms with van der Waals surface area (Å²) in [5.74, 6) is 0.607. The van der Waals surface area contributed by atoms with Crippen LogP contribution in [0.2, 0.25) is 0 Å². The van der Waals surface area contributed by atoms with Gasteiger partial charge in [-0.3, -0.25) is 0 Å². The summed E-state index contributed by atoms with van der Waals surface area (Å²) < 4.78 is 0. The first kappa shape index (κ1) is 10.3. The van der Waals surface area contributed by atoms with Gasteiger partial charge in [0, 0.05) is 16.8 Å². The third kappa shape index (κ3) is 1.92. The number of aromatic nitrogens is 1. The first-order chi connectivity index (χ1) is 7.22. The van der Waals surface area contributed by atoms with Crippen LogP contribution >= 0.6 is 11.8 Å². The molecule has 0 fully saturated rings. The molecule has 1 atom stereocenters. The summed E-state index contributed by atoms with van der Waals surface area (Å²) in [7, 11) is 0. The van der Waals surface area contributed by atoms with Crippen LogP contribution in [0.4, 0.5) is 5.82 Å². The number of pyridine rings is 1. The topological polar surface area (TPSA) is 38.9 Å². The van der Waals surface area contributed by atoms with Crippen LogP contribution in [-0.2, 0) is 0 Å². The summed E-state index contributed by atoms with van der Waals surface area (Å²) in [6.07, 6.45) is 3.88. The van der Waals surface area contributed by atoms with Crippen LogP contribution in [0.1, 0.15) is 17.7 Å². The summed E-state index contributed by atoms with van der Waals surface area (Å²) >= 11 is 1.84. The van der Waals surface area contributed by atoms with E-state index < -0.39 is 0 Å². The molecule has 1 unspecified atom stereocenters. The van der Waals surface area contributed by atoms with Crippen LogP contribution in [0, 0.1) is 0 Å². The largest absolute Gasteiger partial charge is 0.383 e. The molecule has 2 rings (SSSR count). The van der Waals surface area contributed by atoms with Crippen molar-refractivity contribution in [3.63, 3.8) is 0 Å². The zero-order valence-electron chi connectivity index (χ0n) is 8.90. The summed E-state index contributed by atoms with van der Waals surface area (Å²) in [5, 5.41) is 2.72. The van der Waals surface area contributed by atoms with E-state index >= 15 is 0 Å². The van der Waals surface area contributed by atoms with Crippen molar-refractivity contribution in [2.24, 2.45) is 0 Å². The van der Waals surface area contributed by atoms with Crippen molar-refractivity contribution >= 4 is 28.4 Å². The molecule has 0 amide bonds. The van der Waals surface area contributed by atoms with Crippen molar-refractivity contribution in [1.29, 1.82) is 0 Å². The lowest BCUT2D eigenvalue weighted by Gasteiger charge is -2.10. The molecule has 0 aliphatic heterocycles. The lowest BCUT2D eigenvalue weighted by molar-refractivity contribution is 1.11. The average Bonchev–Trinajstić information content (AvgIpc) is 2.28. The molecule has 2 nitrogen and oxygen atoms in total. The predicted octanol–water partition coefficient (Wildman–Crippen LogP) is 3.24. The van der Waals surface area contributed by atoms with Crippen molar-refractivity contribution in [3.05, 3.63) is 36.0 Å². The second kappa shape index (κ2) is 4.11. The summed E-state index contributed by atoms with van der Waals surface area (Å²) in [5.41, 5.74) is 7.13. The van der Waals surface area contributed by atoms with Gasteiger partial charge in [0.1, 0.15) is 5.82 Å². The molecule has 0 aliphatic carbocycles. The maximum Gasteiger partial charge on any atom is 0.131 e. The van der Waals surface area contributed by atoms with Crippen LogP contribution in [-0.4, -0.2) is 11.2 Å². The monoisotopic (exact) mass is 218 g/mol. The van der Waals surface area contributed by atoms with Gasteiger partial charge in [-0.15, -0.1) is 0 Å². The number of nitrogens with two attached hydrogens (primary N) is 1. The molecule has 15 heavy (non-hydrogen) atoms. The van der Waals surface area contributed by atoms with Gasteiger partial charge < -0.3 is 5.73 Å². The van der Waals surface area contributed by atoms with Gasteiger partial charge in [-0.2, -0.15) is 11.8 Å². The molecular weight excluding hydrogens is 204 g/mol. The fraction of sp³-hybridized carbons (Fsp3) is 0.250. The standard InChI is InChI=1S/C12H14N2S/c1-8(15-2)9-3-4-11-10(7-9)5-6-14-12(11)13/h3-8H,1-2H3,(H2,13,14). The summed E-state index contributed by atoms with van der Waals surface area (Å²) in [6, 6.07) is 8.37. The van der Waals surface area contributed by atoms with E-state index in [1.54, 1.807) is 6.20 Å². The molecule has 0 saturated heterocycles. The normalized spacial score (nSPS) is 12.9. The Morgan fingerprint density at radius 1 is 1.33 bits per heavy atom. The number of hydrogen-bond acceptors (Lipinski definition) is 3. The summed E-state index contributed by atoms with van der Waals surface area (Å²) in [6.45, 7) is 2.20. The van der Waals surface area contributed by atoms with Crippen LogP contribution < -0.4 is 5.73 Å². The zero-order valence-corrected chi connectivity index (χ0v) is 9.71. The number of benzene rings is 1. The number of rotatable bonds is 2. The minimum Gasteiger partial charge on any atom is -0.383 e. The van der Waals surface area contributed by atoms with E-state index in [9.17, 15) is 0 Å². The van der Waals surface area contributed by atoms with Gasteiger partial charge in [-0.1, -0.05) is 12.1 Å². The zero-order chi connectivity index (χ0) is 10.8. The number of anilines is 1. The summed E-state index contributed by atoms with van der Waals surface area (Å²) in [4.78, 5) is 4.07. The van der Waals surface area contributed by atoms with Gasteiger partial charge >= 0.3 is 0 Å². The van der Waals surface area contributed by atoms with E-state index in [-0.39, 0.29) is 0 Å². The Kier molecular flexibility index (Phi) is 2.82. The Bertz CT molecular complexity index is 482. The van der Waals surface area contributed by atoms with E-state index in [1.165, 1.54) is 10.9 Å². The Hall–Kier alpha value is -1.22. The van der Waals surface area contributed by atoms with E-state index in [0.717, 1.165) is 5.39 Å². The Balaban J connectivity index is 2.57. The minimum atomic E-state index is 0.517. The second-order valence-electron chi connectivity index (χ2n) is 3.55. The fourth-order valence-corrected chi connectivity index (χ4v) is 2.03. The SMILES string of the molecule is CSC(C)c1ccc2c(N)nccc2c1. The van der Waals surface area contributed by atoms with Gasteiger partial charge in [-0.05, 0) is 36.3 Å². The molecule has 0 aliphatic rings. The second-order valence-corrected chi connectivity index (χ2v) is 4.73. The lowest BCUT2D eigenvalue weighted by atomic mass is 10.1. The van der Waals surface area contributed by atoms with Crippen LogP contribution in [0.25, 0.3) is 10.8 Å². The van der Waals surface area contributed by atoms with E-state index in [1.807, 2.05) is 17.8 Å². The molecule has 78 valence electrons. The minimum absolute atomic E-state index is 0.517. The van der Waals surface area contributed by atoms with Gasteiger partial charge in [0.05, 0.1) is 0 Å². The van der Waals surface area contributed by atoms with Gasteiger partial charge in [0.2, 0.25) is 0 Å². The molecule has 0 radical (unpaired) electrons. The molecule has 3 heteroatoms. The maximum atomic E-state index is 5.80. The van der Waals surface area contributed by atoms with Crippen molar-refractivity contribution in [1.82, 2.24) is 4.98 Å². The fourth-order valence-electron chi connectivity index (χ4n) is 1.61.